The second-order valence-corrected chi connectivity index (χ2v) is 3.16. The fourth-order valence-electron chi connectivity index (χ4n) is 1.17. The van der Waals surface area contributed by atoms with Crippen molar-refractivity contribution in [1.82, 2.24) is 5.32 Å². The zero-order valence-corrected chi connectivity index (χ0v) is 9.24. The number of benzene rings is 1. The minimum absolute atomic E-state index is 0.121. The number of anilines is 1. The molecule has 0 aliphatic carbocycles. The Morgan fingerprint density at radius 3 is 2.62 bits per heavy atom. The molecule has 16 heavy (non-hydrogen) atoms. The Bertz CT molecular complexity index is 391. The largest absolute Gasteiger partial charge is 0.445 e. The molecule has 0 aliphatic heterocycles. The van der Waals surface area contributed by atoms with Gasteiger partial charge in [-0.1, -0.05) is 18.2 Å². The number of rotatable bonds is 3. The summed E-state index contributed by atoms with van der Waals surface area (Å²) in [5, 5.41) is 5.01. The molecule has 0 heterocycles. The number of ether oxygens (including phenoxy) is 1. The maximum absolute atomic E-state index is 10.9. The molecule has 0 bridgehead atoms. The van der Waals surface area contributed by atoms with Gasteiger partial charge in [0.05, 0.1) is 0 Å². The molecule has 0 spiro atoms. The standard InChI is InChI=1S/C11H14N2O3/c1-8(14)13-10-6-4-3-5-9(10)7-16-11(15)12-2/h3-6H,7H2,1-2H3,(H,12,15)(H,13,14). The fraction of sp³-hybridized carbons (Fsp3) is 0.273. The lowest BCUT2D eigenvalue weighted by Crippen LogP contribution is -2.19. The molecule has 5 heteroatoms. The van der Waals surface area contributed by atoms with Gasteiger partial charge in [0.1, 0.15) is 6.61 Å². The van der Waals surface area contributed by atoms with E-state index in [-0.39, 0.29) is 12.5 Å². The molecule has 0 saturated heterocycles. The van der Waals surface area contributed by atoms with Crippen LogP contribution in [0.4, 0.5) is 10.5 Å². The number of alkyl carbamates (subject to hydrolysis) is 1. The predicted molar refractivity (Wildman–Crippen MR) is 60.0 cm³/mol. The molecule has 2 N–H and O–H groups in total. The Hall–Kier alpha value is -2.04. The fourth-order valence-corrected chi connectivity index (χ4v) is 1.17. The molecule has 0 radical (unpaired) electrons. The highest BCUT2D eigenvalue weighted by Gasteiger charge is 2.05. The van der Waals surface area contributed by atoms with Crippen LogP contribution in [0.15, 0.2) is 24.3 Å². The van der Waals surface area contributed by atoms with Gasteiger partial charge in [0.2, 0.25) is 5.91 Å². The Labute approximate surface area is 93.8 Å². The van der Waals surface area contributed by atoms with Crippen molar-refractivity contribution in [3.63, 3.8) is 0 Å². The topological polar surface area (TPSA) is 67.4 Å². The van der Waals surface area contributed by atoms with E-state index in [2.05, 4.69) is 10.6 Å². The van der Waals surface area contributed by atoms with E-state index in [9.17, 15) is 9.59 Å². The van der Waals surface area contributed by atoms with Gasteiger partial charge in [-0.15, -0.1) is 0 Å². The van der Waals surface area contributed by atoms with Crippen LogP contribution in [0.5, 0.6) is 0 Å². The van der Waals surface area contributed by atoms with Crippen LogP contribution in [-0.2, 0) is 16.1 Å². The summed E-state index contributed by atoms with van der Waals surface area (Å²) in [6, 6.07) is 7.15. The molecule has 0 aliphatic rings. The van der Waals surface area contributed by atoms with E-state index < -0.39 is 6.09 Å². The van der Waals surface area contributed by atoms with Crippen LogP contribution in [0.2, 0.25) is 0 Å². The van der Waals surface area contributed by atoms with Crippen molar-refractivity contribution >= 4 is 17.7 Å². The van der Waals surface area contributed by atoms with E-state index in [1.54, 1.807) is 18.2 Å². The molecule has 1 aromatic carbocycles. The molecular weight excluding hydrogens is 208 g/mol. The van der Waals surface area contributed by atoms with Crippen molar-refractivity contribution in [2.45, 2.75) is 13.5 Å². The average Bonchev–Trinajstić information content (AvgIpc) is 2.26. The molecule has 5 nitrogen and oxygen atoms in total. The van der Waals surface area contributed by atoms with Gasteiger partial charge in [-0.05, 0) is 6.07 Å². The minimum atomic E-state index is -0.502. The monoisotopic (exact) mass is 222 g/mol. The van der Waals surface area contributed by atoms with E-state index in [0.717, 1.165) is 5.56 Å². The van der Waals surface area contributed by atoms with Crippen LogP contribution >= 0.6 is 0 Å². The number of carbonyl (C=O) groups is 2. The van der Waals surface area contributed by atoms with Crippen LogP contribution < -0.4 is 10.6 Å². The molecule has 2 amide bonds. The van der Waals surface area contributed by atoms with Gasteiger partial charge in [0.15, 0.2) is 0 Å². The zero-order chi connectivity index (χ0) is 12.0. The maximum atomic E-state index is 10.9. The van der Waals surface area contributed by atoms with Gasteiger partial charge in [-0.25, -0.2) is 4.79 Å². The number of hydrogen-bond acceptors (Lipinski definition) is 3. The molecular formula is C11H14N2O3. The van der Waals surface area contributed by atoms with Crippen molar-refractivity contribution in [3.8, 4) is 0 Å². The summed E-state index contributed by atoms with van der Waals surface area (Å²) >= 11 is 0. The lowest BCUT2D eigenvalue weighted by molar-refractivity contribution is -0.114. The number of nitrogens with one attached hydrogen (secondary N) is 2. The number of hydrogen-bond donors (Lipinski definition) is 2. The quantitative estimate of drug-likeness (QED) is 0.814. The highest BCUT2D eigenvalue weighted by molar-refractivity contribution is 5.89. The molecule has 0 unspecified atom stereocenters. The van der Waals surface area contributed by atoms with E-state index in [0.29, 0.717) is 5.69 Å². The van der Waals surface area contributed by atoms with Crippen LogP contribution in [0.25, 0.3) is 0 Å². The van der Waals surface area contributed by atoms with Crippen LogP contribution in [0.3, 0.4) is 0 Å². The summed E-state index contributed by atoms with van der Waals surface area (Å²) in [4.78, 5) is 21.8. The average molecular weight is 222 g/mol. The van der Waals surface area contributed by atoms with Gasteiger partial charge in [0, 0.05) is 25.2 Å². The highest BCUT2D eigenvalue weighted by Crippen LogP contribution is 2.15. The van der Waals surface area contributed by atoms with Crippen molar-refractivity contribution in [1.29, 1.82) is 0 Å². The molecule has 86 valence electrons. The maximum Gasteiger partial charge on any atom is 0.407 e. The third kappa shape index (κ3) is 3.61. The molecule has 0 fully saturated rings. The normalized spacial score (nSPS) is 9.38. The van der Waals surface area contributed by atoms with E-state index >= 15 is 0 Å². The van der Waals surface area contributed by atoms with Crippen LogP contribution in [0.1, 0.15) is 12.5 Å². The smallest absolute Gasteiger partial charge is 0.407 e. The summed E-state index contributed by atoms with van der Waals surface area (Å²) in [7, 11) is 1.49. The molecule has 1 aromatic rings. The summed E-state index contributed by atoms with van der Waals surface area (Å²) in [6.45, 7) is 1.55. The summed E-state index contributed by atoms with van der Waals surface area (Å²) < 4.78 is 4.90. The van der Waals surface area contributed by atoms with E-state index in [4.69, 9.17) is 4.74 Å². The summed E-state index contributed by atoms with van der Waals surface area (Å²) in [5.74, 6) is -0.160. The van der Waals surface area contributed by atoms with Crippen molar-refractivity contribution in [3.05, 3.63) is 29.8 Å². The predicted octanol–water partition coefficient (Wildman–Crippen LogP) is 1.50. The first kappa shape index (κ1) is 12.0. The third-order valence-corrected chi connectivity index (χ3v) is 1.89. The van der Waals surface area contributed by atoms with Gasteiger partial charge in [-0.3, -0.25) is 4.79 Å². The third-order valence-electron chi connectivity index (χ3n) is 1.89. The van der Waals surface area contributed by atoms with Crippen molar-refractivity contribution in [2.75, 3.05) is 12.4 Å². The first-order valence-electron chi connectivity index (χ1n) is 4.83. The minimum Gasteiger partial charge on any atom is -0.445 e. The van der Waals surface area contributed by atoms with Crippen LogP contribution in [-0.4, -0.2) is 19.0 Å². The molecule has 0 aromatic heterocycles. The van der Waals surface area contributed by atoms with Gasteiger partial charge in [0.25, 0.3) is 0 Å². The second-order valence-electron chi connectivity index (χ2n) is 3.16. The van der Waals surface area contributed by atoms with Crippen molar-refractivity contribution in [2.24, 2.45) is 0 Å². The van der Waals surface area contributed by atoms with Crippen LogP contribution in [0, 0.1) is 0 Å². The zero-order valence-electron chi connectivity index (χ0n) is 9.24. The molecule has 0 atom stereocenters. The van der Waals surface area contributed by atoms with Gasteiger partial charge < -0.3 is 15.4 Å². The SMILES string of the molecule is CNC(=O)OCc1ccccc1NC(C)=O. The second kappa shape index (κ2) is 5.75. The lowest BCUT2D eigenvalue weighted by Gasteiger charge is -2.09. The lowest BCUT2D eigenvalue weighted by atomic mass is 10.2. The van der Waals surface area contributed by atoms with E-state index in [1.807, 2.05) is 6.07 Å². The Balaban J connectivity index is 2.70. The highest BCUT2D eigenvalue weighted by atomic mass is 16.5. The number of amides is 2. The van der Waals surface area contributed by atoms with E-state index in [1.165, 1.54) is 14.0 Å². The Morgan fingerprint density at radius 1 is 1.31 bits per heavy atom. The first-order chi connectivity index (χ1) is 7.63. The number of para-hydroxylation sites is 1. The Kier molecular flexibility index (Phi) is 4.32. The van der Waals surface area contributed by atoms with Gasteiger partial charge >= 0.3 is 6.09 Å². The Morgan fingerprint density at radius 2 is 2.00 bits per heavy atom. The number of carbonyl (C=O) groups excluding carboxylic acids is 2. The summed E-state index contributed by atoms with van der Waals surface area (Å²) in [6.07, 6.45) is -0.502. The van der Waals surface area contributed by atoms with Gasteiger partial charge in [-0.2, -0.15) is 0 Å². The first-order valence-corrected chi connectivity index (χ1v) is 4.83. The molecule has 1 rings (SSSR count). The molecule has 0 saturated carbocycles. The van der Waals surface area contributed by atoms with Crippen molar-refractivity contribution < 1.29 is 14.3 Å². The summed E-state index contributed by atoms with van der Waals surface area (Å²) in [5.41, 5.74) is 1.40.